The minimum atomic E-state index is 0.740. The highest BCUT2D eigenvalue weighted by Gasteiger charge is 2.22. The Kier molecular flexibility index (Phi) is 3.99. The standard InChI is InChI=1S/C13H23N3/c1-3-14-12-6-4-5-11(9-12)10-13-15-7-8-16(13)2/h7-8,11-12,14H,3-6,9-10H2,1-2H3. The van der Waals surface area contributed by atoms with Gasteiger partial charge in [0.25, 0.3) is 0 Å². The van der Waals surface area contributed by atoms with Gasteiger partial charge in [-0.1, -0.05) is 13.3 Å². The molecule has 3 heteroatoms. The van der Waals surface area contributed by atoms with Crippen molar-refractivity contribution in [3.05, 3.63) is 18.2 Å². The fourth-order valence-corrected chi connectivity index (χ4v) is 2.80. The third-order valence-electron chi connectivity index (χ3n) is 3.67. The molecular weight excluding hydrogens is 198 g/mol. The lowest BCUT2D eigenvalue weighted by atomic mass is 9.83. The predicted octanol–water partition coefficient (Wildman–Crippen LogP) is 2.13. The van der Waals surface area contributed by atoms with Crippen molar-refractivity contribution in [1.82, 2.24) is 14.9 Å². The molecule has 2 unspecified atom stereocenters. The van der Waals surface area contributed by atoms with Gasteiger partial charge in [0.05, 0.1) is 0 Å². The molecule has 1 aromatic rings. The summed E-state index contributed by atoms with van der Waals surface area (Å²) in [6.07, 6.45) is 10.5. The van der Waals surface area contributed by atoms with E-state index in [2.05, 4.69) is 28.8 Å². The number of aromatic nitrogens is 2. The summed E-state index contributed by atoms with van der Waals surface area (Å²) < 4.78 is 2.15. The maximum atomic E-state index is 4.42. The van der Waals surface area contributed by atoms with Crippen LogP contribution in [0.1, 0.15) is 38.4 Å². The second-order valence-corrected chi connectivity index (χ2v) is 4.95. The molecule has 0 bridgehead atoms. The zero-order valence-electron chi connectivity index (χ0n) is 10.4. The summed E-state index contributed by atoms with van der Waals surface area (Å²) >= 11 is 0. The molecule has 1 aliphatic rings. The molecule has 0 aromatic carbocycles. The largest absolute Gasteiger partial charge is 0.338 e. The zero-order chi connectivity index (χ0) is 11.4. The molecule has 1 heterocycles. The van der Waals surface area contributed by atoms with Crippen LogP contribution in [0.25, 0.3) is 0 Å². The second-order valence-electron chi connectivity index (χ2n) is 4.95. The third-order valence-corrected chi connectivity index (χ3v) is 3.67. The van der Waals surface area contributed by atoms with Gasteiger partial charge in [-0.05, 0) is 31.7 Å². The molecule has 1 aliphatic carbocycles. The highest BCUT2D eigenvalue weighted by molar-refractivity contribution is 4.94. The Balaban J connectivity index is 1.88. The zero-order valence-corrected chi connectivity index (χ0v) is 10.4. The van der Waals surface area contributed by atoms with Crippen LogP contribution in [0.4, 0.5) is 0 Å². The summed E-state index contributed by atoms with van der Waals surface area (Å²) in [4.78, 5) is 4.42. The normalized spacial score (nSPS) is 25.9. The molecule has 1 fully saturated rings. The van der Waals surface area contributed by atoms with Crippen molar-refractivity contribution < 1.29 is 0 Å². The molecule has 2 rings (SSSR count). The Morgan fingerprint density at radius 3 is 3.06 bits per heavy atom. The van der Waals surface area contributed by atoms with E-state index in [-0.39, 0.29) is 0 Å². The van der Waals surface area contributed by atoms with E-state index in [1.807, 2.05) is 12.4 Å². The van der Waals surface area contributed by atoms with Gasteiger partial charge in [-0.3, -0.25) is 0 Å². The van der Waals surface area contributed by atoms with E-state index in [0.717, 1.165) is 24.9 Å². The minimum Gasteiger partial charge on any atom is -0.338 e. The van der Waals surface area contributed by atoms with Crippen molar-refractivity contribution in [3.63, 3.8) is 0 Å². The number of nitrogens with zero attached hydrogens (tertiary/aromatic N) is 2. The molecule has 2 atom stereocenters. The molecule has 16 heavy (non-hydrogen) atoms. The SMILES string of the molecule is CCNC1CCCC(Cc2nccn2C)C1. The van der Waals surface area contributed by atoms with Crippen LogP contribution in [0.3, 0.4) is 0 Å². The smallest absolute Gasteiger partial charge is 0.108 e. The Morgan fingerprint density at radius 2 is 2.38 bits per heavy atom. The van der Waals surface area contributed by atoms with E-state index in [9.17, 15) is 0 Å². The highest BCUT2D eigenvalue weighted by Crippen LogP contribution is 2.26. The molecule has 90 valence electrons. The van der Waals surface area contributed by atoms with Crippen LogP contribution >= 0.6 is 0 Å². The summed E-state index contributed by atoms with van der Waals surface area (Å²) in [5.41, 5.74) is 0. The van der Waals surface area contributed by atoms with Gasteiger partial charge in [0.2, 0.25) is 0 Å². The Morgan fingerprint density at radius 1 is 1.50 bits per heavy atom. The van der Waals surface area contributed by atoms with Gasteiger partial charge >= 0.3 is 0 Å². The van der Waals surface area contributed by atoms with Crippen molar-refractivity contribution in [1.29, 1.82) is 0 Å². The van der Waals surface area contributed by atoms with E-state index in [1.54, 1.807) is 0 Å². The Bertz CT molecular complexity index is 317. The van der Waals surface area contributed by atoms with Crippen molar-refractivity contribution >= 4 is 0 Å². The highest BCUT2D eigenvalue weighted by atomic mass is 15.0. The molecule has 1 N–H and O–H groups in total. The first kappa shape index (κ1) is 11.6. The fraction of sp³-hybridized carbons (Fsp3) is 0.769. The number of hydrogen-bond acceptors (Lipinski definition) is 2. The lowest BCUT2D eigenvalue weighted by Crippen LogP contribution is -2.34. The summed E-state index contributed by atoms with van der Waals surface area (Å²) in [7, 11) is 2.09. The predicted molar refractivity (Wildman–Crippen MR) is 66.3 cm³/mol. The number of imidazole rings is 1. The van der Waals surface area contributed by atoms with Gasteiger partial charge in [0, 0.05) is 31.9 Å². The van der Waals surface area contributed by atoms with E-state index >= 15 is 0 Å². The lowest BCUT2D eigenvalue weighted by molar-refractivity contribution is 0.283. The maximum Gasteiger partial charge on any atom is 0.108 e. The Labute approximate surface area is 98.3 Å². The van der Waals surface area contributed by atoms with Gasteiger partial charge in [-0.15, -0.1) is 0 Å². The Hall–Kier alpha value is -0.830. The molecule has 0 amide bonds. The van der Waals surface area contributed by atoms with Crippen LogP contribution in [0.15, 0.2) is 12.4 Å². The molecule has 0 aliphatic heterocycles. The van der Waals surface area contributed by atoms with E-state index in [0.29, 0.717) is 0 Å². The summed E-state index contributed by atoms with van der Waals surface area (Å²) in [5, 5.41) is 3.58. The lowest BCUT2D eigenvalue weighted by Gasteiger charge is -2.29. The van der Waals surface area contributed by atoms with Crippen molar-refractivity contribution in [2.75, 3.05) is 6.54 Å². The topological polar surface area (TPSA) is 29.9 Å². The number of nitrogens with one attached hydrogen (secondary N) is 1. The van der Waals surface area contributed by atoms with Crippen LogP contribution in [0, 0.1) is 5.92 Å². The van der Waals surface area contributed by atoms with Crippen molar-refractivity contribution in [3.8, 4) is 0 Å². The molecule has 0 radical (unpaired) electrons. The van der Waals surface area contributed by atoms with Gasteiger partial charge in [-0.25, -0.2) is 4.98 Å². The third kappa shape index (κ3) is 2.85. The van der Waals surface area contributed by atoms with Crippen molar-refractivity contribution in [2.45, 2.75) is 45.1 Å². The summed E-state index contributed by atoms with van der Waals surface area (Å²) in [6, 6.07) is 0.740. The first-order valence-corrected chi connectivity index (χ1v) is 6.49. The van der Waals surface area contributed by atoms with Crippen molar-refractivity contribution in [2.24, 2.45) is 13.0 Å². The van der Waals surface area contributed by atoms with Crippen LogP contribution in [-0.2, 0) is 13.5 Å². The van der Waals surface area contributed by atoms with Crippen LogP contribution in [-0.4, -0.2) is 22.1 Å². The molecule has 0 spiro atoms. The second kappa shape index (κ2) is 5.48. The van der Waals surface area contributed by atoms with E-state index in [1.165, 1.54) is 31.5 Å². The molecule has 3 nitrogen and oxygen atoms in total. The van der Waals surface area contributed by atoms with Gasteiger partial charge < -0.3 is 9.88 Å². The first-order valence-electron chi connectivity index (χ1n) is 6.49. The quantitative estimate of drug-likeness (QED) is 0.844. The van der Waals surface area contributed by atoms with Gasteiger partial charge in [-0.2, -0.15) is 0 Å². The van der Waals surface area contributed by atoms with Gasteiger partial charge in [0.1, 0.15) is 5.82 Å². The first-order chi connectivity index (χ1) is 7.79. The number of rotatable bonds is 4. The van der Waals surface area contributed by atoms with E-state index in [4.69, 9.17) is 0 Å². The fourth-order valence-electron chi connectivity index (χ4n) is 2.80. The minimum absolute atomic E-state index is 0.740. The van der Waals surface area contributed by atoms with Crippen LogP contribution < -0.4 is 5.32 Å². The summed E-state index contributed by atoms with van der Waals surface area (Å²) in [6.45, 7) is 3.29. The molecule has 1 saturated carbocycles. The van der Waals surface area contributed by atoms with Crippen LogP contribution in [0.2, 0.25) is 0 Å². The average Bonchev–Trinajstić information content (AvgIpc) is 2.66. The molecule has 1 aromatic heterocycles. The number of aryl methyl sites for hydroxylation is 1. The maximum absolute atomic E-state index is 4.42. The number of hydrogen-bond donors (Lipinski definition) is 1. The summed E-state index contributed by atoms with van der Waals surface area (Å²) in [5.74, 6) is 2.06. The average molecular weight is 221 g/mol. The molecule has 0 saturated heterocycles. The van der Waals surface area contributed by atoms with Gasteiger partial charge in [0.15, 0.2) is 0 Å². The molecular formula is C13H23N3. The monoisotopic (exact) mass is 221 g/mol. The van der Waals surface area contributed by atoms with Crippen LogP contribution in [0.5, 0.6) is 0 Å². The van der Waals surface area contributed by atoms with E-state index < -0.39 is 0 Å².